The molecule has 0 bridgehead atoms. The summed E-state index contributed by atoms with van der Waals surface area (Å²) < 4.78 is 1.51. The lowest BCUT2D eigenvalue weighted by Gasteiger charge is -2.04. The zero-order valence-electron chi connectivity index (χ0n) is 11.7. The molecule has 1 aromatic carbocycles. The first kappa shape index (κ1) is 14.4. The molecule has 0 fully saturated rings. The number of carboxylic acid groups (broad SMARTS) is 1. The SMILES string of the molecule is Cc1c(C#N)c(-c2ccc(CC#N)cc2)c(C(=O)O)n1C. The fourth-order valence-electron chi connectivity index (χ4n) is 2.35. The minimum atomic E-state index is -1.07. The average Bonchev–Trinajstić information content (AvgIpc) is 2.72. The second-order valence-electron chi connectivity index (χ2n) is 4.69. The van der Waals surface area contributed by atoms with E-state index in [0.29, 0.717) is 28.8 Å². The third kappa shape index (κ3) is 2.37. The lowest BCUT2D eigenvalue weighted by molar-refractivity contribution is 0.0687. The minimum absolute atomic E-state index is 0.0945. The average molecular weight is 279 g/mol. The molecule has 1 heterocycles. The van der Waals surface area contributed by atoms with Gasteiger partial charge in [0.15, 0.2) is 0 Å². The molecule has 0 saturated heterocycles. The van der Waals surface area contributed by atoms with Crippen molar-refractivity contribution in [1.29, 1.82) is 10.5 Å². The molecular formula is C16H13N3O2. The smallest absolute Gasteiger partial charge is 0.353 e. The van der Waals surface area contributed by atoms with E-state index in [1.165, 1.54) is 4.57 Å². The van der Waals surface area contributed by atoms with Crippen LogP contribution in [0.25, 0.3) is 11.1 Å². The van der Waals surface area contributed by atoms with Crippen molar-refractivity contribution in [2.45, 2.75) is 13.3 Å². The molecule has 1 N–H and O–H groups in total. The van der Waals surface area contributed by atoms with Gasteiger partial charge in [0.05, 0.1) is 18.1 Å². The van der Waals surface area contributed by atoms with E-state index >= 15 is 0 Å². The standard InChI is InChI=1S/C16H13N3O2/c1-10-13(9-18)14(15(16(20)21)19(10)2)12-5-3-11(4-6-12)7-8-17/h3-6H,7H2,1-2H3,(H,20,21). The summed E-state index contributed by atoms with van der Waals surface area (Å²) >= 11 is 0. The van der Waals surface area contributed by atoms with E-state index in [9.17, 15) is 15.2 Å². The van der Waals surface area contributed by atoms with Crippen LogP contribution in [0.15, 0.2) is 24.3 Å². The van der Waals surface area contributed by atoms with E-state index in [2.05, 4.69) is 12.1 Å². The van der Waals surface area contributed by atoms with Crippen LogP contribution in [0, 0.1) is 29.6 Å². The van der Waals surface area contributed by atoms with Gasteiger partial charge in [0.25, 0.3) is 0 Å². The predicted molar refractivity (Wildman–Crippen MR) is 76.6 cm³/mol. The van der Waals surface area contributed by atoms with Crippen LogP contribution >= 0.6 is 0 Å². The van der Waals surface area contributed by atoms with Crippen molar-refractivity contribution < 1.29 is 9.90 Å². The van der Waals surface area contributed by atoms with Crippen LogP contribution < -0.4 is 0 Å². The van der Waals surface area contributed by atoms with Gasteiger partial charge in [-0.05, 0) is 18.1 Å². The molecule has 2 rings (SSSR count). The fourth-order valence-corrected chi connectivity index (χ4v) is 2.35. The van der Waals surface area contributed by atoms with E-state index in [1.54, 1.807) is 38.2 Å². The second kappa shape index (κ2) is 5.52. The highest BCUT2D eigenvalue weighted by Gasteiger charge is 2.24. The van der Waals surface area contributed by atoms with Crippen molar-refractivity contribution in [3.05, 3.63) is 46.8 Å². The Balaban J connectivity index is 2.68. The van der Waals surface area contributed by atoms with Crippen LogP contribution in [0.4, 0.5) is 0 Å². The number of hydrogen-bond acceptors (Lipinski definition) is 3. The van der Waals surface area contributed by atoms with E-state index in [1.807, 2.05) is 0 Å². The van der Waals surface area contributed by atoms with Gasteiger partial charge in [-0.3, -0.25) is 0 Å². The van der Waals surface area contributed by atoms with Crippen LogP contribution in [-0.4, -0.2) is 15.6 Å². The van der Waals surface area contributed by atoms with Crippen molar-refractivity contribution in [2.75, 3.05) is 0 Å². The van der Waals surface area contributed by atoms with Crippen molar-refractivity contribution in [3.8, 4) is 23.3 Å². The van der Waals surface area contributed by atoms with Gasteiger partial charge >= 0.3 is 5.97 Å². The molecule has 0 spiro atoms. The first-order valence-electron chi connectivity index (χ1n) is 6.30. The molecule has 0 unspecified atom stereocenters. The summed E-state index contributed by atoms with van der Waals surface area (Å²) in [6.45, 7) is 1.72. The quantitative estimate of drug-likeness (QED) is 0.935. The number of rotatable bonds is 3. The fraction of sp³-hybridized carbons (Fsp3) is 0.188. The highest BCUT2D eigenvalue weighted by atomic mass is 16.4. The maximum absolute atomic E-state index is 11.5. The number of carbonyl (C=O) groups is 1. The van der Waals surface area contributed by atoms with E-state index in [-0.39, 0.29) is 5.69 Å². The summed E-state index contributed by atoms with van der Waals surface area (Å²) in [5.41, 5.74) is 3.01. The molecule has 0 saturated carbocycles. The highest BCUT2D eigenvalue weighted by Crippen LogP contribution is 2.32. The molecular weight excluding hydrogens is 266 g/mol. The minimum Gasteiger partial charge on any atom is -0.477 e. The second-order valence-corrected chi connectivity index (χ2v) is 4.69. The molecule has 5 heteroatoms. The van der Waals surface area contributed by atoms with Crippen LogP contribution in [0.2, 0.25) is 0 Å². The number of nitrogens with zero attached hydrogens (tertiary/aromatic N) is 3. The summed E-state index contributed by atoms with van der Waals surface area (Å²) in [5.74, 6) is -1.07. The van der Waals surface area contributed by atoms with Crippen molar-refractivity contribution in [2.24, 2.45) is 7.05 Å². The summed E-state index contributed by atoms with van der Waals surface area (Å²) in [7, 11) is 1.63. The largest absolute Gasteiger partial charge is 0.477 e. The lowest BCUT2D eigenvalue weighted by atomic mass is 9.99. The zero-order chi connectivity index (χ0) is 15.6. The van der Waals surface area contributed by atoms with Gasteiger partial charge in [0, 0.05) is 18.3 Å². The Kier molecular flexibility index (Phi) is 3.77. The van der Waals surface area contributed by atoms with Crippen LogP contribution in [0.1, 0.15) is 27.3 Å². The number of nitriles is 2. The number of benzene rings is 1. The van der Waals surface area contributed by atoms with Crippen LogP contribution in [0.5, 0.6) is 0 Å². The molecule has 0 amide bonds. The van der Waals surface area contributed by atoms with Crippen molar-refractivity contribution >= 4 is 5.97 Å². The van der Waals surface area contributed by atoms with E-state index < -0.39 is 5.97 Å². The molecule has 1 aromatic heterocycles. The Morgan fingerprint density at radius 1 is 1.29 bits per heavy atom. The predicted octanol–water partition coefficient (Wildman–Crippen LogP) is 2.64. The Labute approximate surface area is 122 Å². The molecule has 0 aliphatic rings. The van der Waals surface area contributed by atoms with Gasteiger partial charge < -0.3 is 9.67 Å². The molecule has 5 nitrogen and oxygen atoms in total. The normalized spacial score (nSPS) is 9.90. The first-order valence-corrected chi connectivity index (χ1v) is 6.30. The number of carboxylic acids is 1. The van der Waals surface area contributed by atoms with Gasteiger partial charge in [-0.2, -0.15) is 10.5 Å². The molecule has 0 radical (unpaired) electrons. The van der Waals surface area contributed by atoms with E-state index in [0.717, 1.165) is 5.56 Å². The van der Waals surface area contributed by atoms with Crippen molar-refractivity contribution in [1.82, 2.24) is 4.57 Å². The molecule has 2 aromatic rings. The molecule has 104 valence electrons. The van der Waals surface area contributed by atoms with Gasteiger partial charge in [-0.15, -0.1) is 0 Å². The molecule has 0 aliphatic carbocycles. The summed E-state index contributed by atoms with van der Waals surface area (Å²) in [6.07, 6.45) is 0.297. The number of aromatic nitrogens is 1. The summed E-state index contributed by atoms with van der Waals surface area (Å²) in [4.78, 5) is 11.5. The molecule has 0 aliphatic heterocycles. The van der Waals surface area contributed by atoms with Gasteiger partial charge in [-0.1, -0.05) is 24.3 Å². The van der Waals surface area contributed by atoms with E-state index in [4.69, 9.17) is 5.26 Å². The Hall–Kier alpha value is -3.05. The number of hydrogen-bond donors (Lipinski definition) is 1. The topological polar surface area (TPSA) is 89.8 Å². The monoisotopic (exact) mass is 279 g/mol. The van der Waals surface area contributed by atoms with Gasteiger partial charge in [0.2, 0.25) is 0 Å². The zero-order valence-corrected chi connectivity index (χ0v) is 11.7. The van der Waals surface area contributed by atoms with Crippen LogP contribution in [-0.2, 0) is 13.5 Å². The van der Waals surface area contributed by atoms with Crippen LogP contribution in [0.3, 0.4) is 0 Å². The maximum Gasteiger partial charge on any atom is 0.353 e. The summed E-state index contributed by atoms with van der Waals surface area (Å²) in [5, 5.41) is 27.4. The number of aromatic carboxylic acids is 1. The third-order valence-corrected chi connectivity index (χ3v) is 3.53. The third-order valence-electron chi connectivity index (χ3n) is 3.53. The summed E-state index contributed by atoms with van der Waals surface area (Å²) in [6, 6.07) is 11.2. The lowest BCUT2D eigenvalue weighted by Crippen LogP contribution is -2.06. The molecule has 0 atom stereocenters. The van der Waals surface area contributed by atoms with Gasteiger partial charge in [0.1, 0.15) is 11.8 Å². The Morgan fingerprint density at radius 2 is 1.90 bits per heavy atom. The maximum atomic E-state index is 11.5. The van der Waals surface area contributed by atoms with Gasteiger partial charge in [-0.25, -0.2) is 4.79 Å². The van der Waals surface area contributed by atoms with Crippen molar-refractivity contribution in [3.63, 3.8) is 0 Å². The first-order chi connectivity index (χ1) is 10.0. The Morgan fingerprint density at radius 3 is 2.38 bits per heavy atom. The Bertz CT molecular complexity index is 787. The highest BCUT2D eigenvalue weighted by molar-refractivity contribution is 5.97. The molecule has 21 heavy (non-hydrogen) atoms.